The normalized spacial score (nSPS) is 10.1. The van der Waals surface area contributed by atoms with Crippen LogP contribution in [0.15, 0.2) is 36.4 Å². The van der Waals surface area contributed by atoms with Crippen molar-refractivity contribution in [3.05, 3.63) is 62.7 Å². The van der Waals surface area contributed by atoms with Crippen molar-refractivity contribution in [3.63, 3.8) is 0 Å². The van der Waals surface area contributed by atoms with E-state index in [4.69, 9.17) is 16.3 Å². The van der Waals surface area contributed by atoms with Gasteiger partial charge in [-0.2, -0.15) is 0 Å². The van der Waals surface area contributed by atoms with E-state index < -0.39 is 10.8 Å². The minimum atomic E-state index is -0.489. The second-order valence-electron chi connectivity index (χ2n) is 4.56. The maximum absolute atomic E-state index is 12.2. The van der Waals surface area contributed by atoms with Crippen LogP contribution in [0, 0.1) is 17.0 Å². The molecule has 0 aliphatic carbocycles. The number of nitrogens with zero attached hydrogens (tertiary/aromatic N) is 1. The average Bonchev–Trinajstić information content (AvgIpc) is 2.47. The summed E-state index contributed by atoms with van der Waals surface area (Å²) in [6.45, 7) is 1.58. The Bertz CT molecular complexity index is 746. The molecule has 0 fully saturated rings. The molecule has 0 aliphatic rings. The van der Waals surface area contributed by atoms with Gasteiger partial charge in [0.1, 0.15) is 5.75 Å². The van der Waals surface area contributed by atoms with E-state index in [1.54, 1.807) is 25.1 Å². The summed E-state index contributed by atoms with van der Waals surface area (Å²) < 4.78 is 5.15. The van der Waals surface area contributed by atoms with E-state index in [1.807, 2.05) is 0 Å². The Morgan fingerprint density at radius 1 is 1.27 bits per heavy atom. The molecule has 0 bridgehead atoms. The van der Waals surface area contributed by atoms with E-state index in [2.05, 4.69) is 5.32 Å². The van der Waals surface area contributed by atoms with Gasteiger partial charge in [-0.3, -0.25) is 14.9 Å². The van der Waals surface area contributed by atoms with Gasteiger partial charge in [-0.25, -0.2) is 0 Å². The zero-order chi connectivity index (χ0) is 16.3. The lowest BCUT2D eigenvalue weighted by Crippen LogP contribution is -2.13. The molecule has 0 saturated heterocycles. The molecule has 0 atom stereocenters. The Labute approximate surface area is 131 Å². The molecule has 22 heavy (non-hydrogen) atoms. The quantitative estimate of drug-likeness (QED) is 0.686. The molecule has 1 N–H and O–H groups in total. The van der Waals surface area contributed by atoms with Gasteiger partial charge in [0.05, 0.1) is 17.7 Å². The van der Waals surface area contributed by atoms with Crippen molar-refractivity contribution < 1.29 is 14.5 Å². The van der Waals surface area contributed by atoms with Gasteiger partial charge in [0.25, 0.3) is 11.6 Å². The molecule has 0 aliphatic heterocycles. The number of anilines is 1. The zero-order valence-electron chi connectivity index (χ0n) is 11.9. The van der Waals surface area contributed by atoms with Crippen molar-refractivity contribution in [1.82, 2.24) is 0 Å². The Hall–Kier alpha value is -2.60. The molecular weight excluding hydrogens is 308 g/mol. The van der Waals surface area contributed by atoms with Gasteiger partial charge in [0.15, 0.2) is 0 Å². The van der Waals surface area contributed by atoms with Crippen molar-refractivity contribution in [2.75, 3.05) is 12.4 Å². The van der Waals surface area contributed by atoms with Gasteiger partial charge in [-0.05, 0) is 37.3 Å². The SMILES string of the molecule is COc1ccc(Cl)cc1NC(=O)c1ccc([N+](=O)[O-])c(C)c1. The Morgan fingerprint density at radius 3 is 2.59 bits per heavy atom. The number of nitrogens with one attached hydrogen (secondary N) is 1. The van der Waals surface area contributed by atoms with E-state index in [9.17, 15) is 14.9 Å². The molecule has 2 aromatic carbocycles. The van der Waals surface area contributed by atoms with Crippen LogP contribution in [0.3, 0.4) is 0 Å². The maximum atomic E-state index is 12.2. The number of halogens is 1. The number of methoxy groups -OCH3 is 1. The molecule has 0 heterocycles. The largest absolute Gasteiger partial charge is 0.495 e. The topological polar surface area (TPSA) is 81.5 Å². The van der Waals surface area contributed by atoms with Gasteiger partial charge in [0.2, 0.25) is 0 Å². The van der Waals surface area contributed by atoms with Crippen LogP contribution in [0.5, 0.6) is 5.75 Å². The highest BCUT2D eigenvalue weighted by molar-refractivity contribution is 6.31. The summed E-state index contributed by atoms with van der Waals surface area (Å²) in [5.74, 6) is 0.0648. The first-order valence-electron chi connectivity index (χ1n) is 6.32. The number of ether oxygens (including phenoxy) is 1. The monoisotopic (exact) mass is 320 g/mol. The van der Waals surface area contributed by atoms with Crippen LogP contribution in [0.4, 0.5) is 11.4 Å². The van der Waals surface area contributed by atoms with Crippen molar-refractivity contribution in [2.45, 2.75) is 6.92 Å². The zero-order valence-corrected chi connectivity index (χ0v) is 12.7. The minimum Gasteiger partial charge on any atom is -0.495 e. The Balaban J connectivity index is 2.28. The highest BCUT2D eigenvalue weighted by Gasteiger charge is 2.15. The van der Waals surface area contributed by atoms with Crippen molar-refractivity contribution in [2.24, 2.45) is 0 Å². The number of aryl methyl sites for hydroxylation is 1. The van der Waals surface area contributed by atoms with E-state index in [0.29, 0.717) is 27.6 Å². The van der Waals surface area contributed by atoms with Crippen LogP contribution in [0.1, 0.15) is 15.9 Å². The standard InChI is InChI=1S/C15H13ClN2O4/c1-9-7-10(3-5-13(9)18(20)21)15(19)17-12-8-11(16)4-6-14(12)22-2/h3-8H,1-2H3,(H,17,19). The molecule has 0 unspecified atom stereocenters. The molecule has 0 radical (unpaired) electrons. The van der Waals surface area contributed by atoms with Crippen LogP contribution >= 0.6 is 11.6 Å². The van der Waals surface area contributed by atoms with E-state index in [1.165, 1.54) is 25.3 Å². The molecule has 0 aromatic heterocycles. The molecule has 1 amide bonds. The third-order valence-electron chi connectivity index (χ3n) is 3.07. The van der Waals surface area contributed by atoms with Crippen molar-refractivity contribution in [3.8, 4) is 5.75 Å². The lowest BCUT2D eigenvalue weighted by Gasteiger charge is -2.11. The van der Waals surface area contributed by atoms with Gasteiger partial charge < -0.3 is 10.1 Å². The van der Waals surface area contributed by atoms with Gasteiger partial charge in [-0.15, -0.1) is 0 Å². The first-order valence-corrected chi connectivity index (χ1v) is 6.70. The first-order chi connectivity index (χ1) is 10.4. The lowest BCUT2D eigenvalue weighted by atomic mass is 10.1. The number of benzene rings is 2. The number of hydrogen-bond donors (Lipinski definition) is 1. The fraction of sp³-hybridized carbons (Fsp3) is 0.133. The molecule has 0 spiro atoms. The second-order valence-corrected chi connectivity index (χ2v) is 4.99. The Morgan fingerprint density at radius 2 is 2.00 bits per heavy atom. The number of rotatable bonds is 4. The van der Waals surface area contributed by atoms with E-state index in [-0.39, 0.29) is 5.69 Å². The molecule has 7 heteroatoms. The van der Waals surface area contributed by atoms with Gasteiger partial charge >= 0.3 is 0 Å². The summed E-state index contributed by atoms with van der Waals surface area (Å²) in [5, 5.41) is 13.9. The molecule has 2 aromatic rings. The summed E-state index contributed by atoms with van der Waals surface area (Å²) in [6, 6.07) is 9.02. The summed E-state index contributed by atoms with van der Waals surface area (Å²) in [5.41, 5.74) is 1.12. The molecule has 2 rings (SSSR count). The van der Waals surface area contributed by atoms with E-state index >= 15 is 0 Å². The number of nitro groups is 1. The van der Waals surface area contributed by atoms with Crippen molar-refractivity contribution in [1.29, 1.82) is 0 Å². The summed E-state index contributed by atoms with van der Waals surface area (Å²) in [6.07, 6.45) is 0. The maximum Gasteiger partial charge on any atom is 0.272 e. The van der Waals surface area contributed by atoms with Gasteiger partial charge in [0, 0.05) is 22.2 Å². The van der Waals surface area contributed by atoms with Crippen LogP contribution < -0.4 is 10.1 Å². The van der Waals surface area contributed by atoms with Crippen LogP contribution in [0.2, 0.25) is 5.02 Å². The lowest BCUT2D eigenvalue weighted by molar-refractivity contribution is -0.385. The third-order valence-corrected chi connectivity index (χ3v) is 3.30. The summed E-state index contributed by atoms with van der Waals surface area (Å²) in [4.78, 5) is 22.5. The first kappa shape index (κ1) is 15.8. The highest BCUT2D eigenvalue weighted by atomic mass is 35.5. The summed E-state index contributed by atoms with van der Waals surface area (Å²) in [7, 11) is 1.48. The van der Waals surface area contributed by atoms with Crippen molar-refractivity contribution >= 4 is 28.9 Å². The Kier molecular flexibility index (Phi) is 4.62. The number of carbonyl (C=O) groups excluding carboxylic acids is 1. The predicted octanol–water partition coefficient (Wildman–Crippen LogP) is 3.82. The molecule has 114 valence electrons. The van der Waals surface area contributed by atoms with E-state index in [0.717, 1.165) is 0 Å². The number of nitro benzene ring substituents is 1. The average molecular weight is 321 g/mol. The number of carbonyl (C=O) groups is 1. The number of hydrogen-bond acceptors (Lipinski definition) is 4. The molecule has 6 nitrogen and oxygen atoms in total. The highest BCUT2D eigenvalue weighted by Crippen LogP contribution is 2.28. The van der Waals surface area contributed by atoms with Crippen LogP contribution in [-0.2, 0) is 0 Å². The fourth-order valence-electron chi connectivity index (χ4n) is 1.97. The number of amides is 1. The predicted molar refractivity (Wildman–Crippen MR) is 83.8 cm³/mol. The third kappa shape index (κ3) is 3.35. The molecule has 0 saturated carbocycles. The molecular formula is C15H13ClN2O4. The summed E-state index contributed by atoms with van der Waals surface area (Å²) >= 11 is 5.90. The fourth-order valence-corrected chi connectivity index (χ4v) is 2.15. The minimum absolute atomic E-state index is 0.0307. The van der Waals surface area contributed by atoms with Gasteiger partial charge in [-0.1, -0.05) is 11.6 Å². The second kappa shape index (κ2) is 6.44. The smallest absolute Gasteiger partial charge is 0.272 e. The van der Waals surface area contributed by atoms with Crippen LogP contribution in [0.25, 0.3) is 0 Å². The van der Waals surface area contributed by atoms with Crippen LogP contribution in [-0.4, -0.2) is 17.9 Å².